The number of phenolic OH excluding ortho intramolecular Hbond substituents is 1. The van der Waals surface area contributed by atoms with Crippen molar-refractivity contribution in [1.29, 1.82) is 0 Å². The molecule has 0 radical (unpaired) electrons. The molecule has 0 aliphatic heterocycles. The van der Waals surface area contributed by atoms with E-state index in [2.05, 4.69) is 5.32 Å². The molecule has 17 heavy (non-hydrogen) atoms. The highest BCUT2D eigenvalue weighted by Crippen LogP contribution is 2.18. The molecule has 0 bridgehead atoms. The molecule has 0 heterocycles. The lowest BCUT2D eigenvalue weighted by Crippen LogP contribution is -2.32. The van der Waals surface area contributed by atoms with Gasteiger partial charge in [0, 0.05) is 18.8 Å². The Labute approximate surface area is 101 Å². The number of nitrogen functional groups attached to an aromatic ring is 1. The van der Waals surface area contributed by atoms with E-state index >= 15 is 0 Å². The van der Waals surface area contributed by atoms with Gasteiger partial charge in [-0.2, -0.15) is 0 Å². The summed E-state index contributed by atoms with van der Waals surface area (Å²) in [5.41, 5.74) is 6.26. The number of aromatic hydroxyl groups is 1. The molecule has 0 aromatic heterocycles. The number of amides is 1. The van der Waals surface area contributed by atoms with Crippen molar-refractivity contribution in [2.24, 2.45) is 0 Å². The van der Waals surface area contributed by atoms with Crippen molar-refractivity contribution in [2.75, 3.05) is 18.9 Å². The van der Waals surface area contributed by atoms with E-state index in [0.29, 0.717) is 18.8 Å². The van der Waals surface area contributed by atoms with Gasteiger partial charge in [-0.05, 0) is 32.0 Å². The summed E-state index contributed by atoms with van der Waals surface area (Å²) in [6.45, 7) is 4.77. The summed E-state index contributed by atoms with van der Waals surface area (Å²) in [5, 5.41) is 12.0. The molecular formula is C12H18N2O3. The molecular weight excluding hydrogens is 220 g/mol. The molecule has 1 unspecified atom stereocenters. The summed E-state index contributed by atoms with van der Waals surface area (Å²) in [6.07, 6.45) is -0.0533. The van der Waals surface area contributed by atoms with Crippen LogP contribution in [0.15, 0.2) is 18.2 Å². The predicted octanol–water partition coefficient (Wildman–Crippen LogP) is 1.13. The lowest BCUT2D eigenvalue weighted by Gasteiger charge is -2.13. The van der Waals surface area contributed by atoms with E-state index in [1.165, 1.54) is 18.2 Å². The number of hydrogen-bond donors (Lipinski definition) is 3. The molecule has 1 atom stereocenters. The normalized spacial score (nSPS) is 12.1. The molecule has 1 rings (SSSR count). The van der Waals surface area contributed by atoms with E-state index in [1.54, 1.807) is 0 Å². The predicted molar refractivity (Wildman–Crippen MR) is 65.9 cm³/mol. The maximum Gasteiger partial charge on any atom is 0.253 e. The summed E-state index contributed by atoms with van der Waals surface area (Å²) in [4.78, 5) is 11.8. The molecule has 4 N–H and O–H groups in total. The fourth-order valence-electron chi connectivity index (χ4n) is 1.42. The Morgan fingerprint density at radius 3 is 2.94 bits per heavy atom. The lowest BCUT2D eigenvalue weighted by molar-refractivity contribution is 0.0695. The van der Waals surface area contributed by atoms with Gasteiger partial charge in [0.1, 0.15) is 5.75 Å². The van der Waals surface area contributed by atoms with Crippen molar-refractivity contribution in [3.63, 3.8) is 0 Å². The largest absolute Gasteiger partial charge is 0.508 e. The van der Waals surface area contributed by atoms with Crippen LogP contribution in [0.5, 0.6) is 5.75 Å². The van der Waals surface area contributed by atoms with Crippen molar-refractivity contribution in [1.82, 2.24) is 5.32 Å². The highest BCUT2D eigenvalue weighted by atomic mass is 16.5. The van der Waals surface area contributed by atoms with Crippen LogP contribution in [0.1, 0.15) is 24.2 Å². The summed E-state index contributed by atoms with van der Waals surface area (Å²) in [6, 6.07) is 4.28. The van der Waals surface area contributed by atoms with Gasteiger partial charge in [-0.1, -0.05) is 0 Å². The third kappa shape index (κ3) is 3.96. The minimum atomic E-state index is -0.315. The molecule has 5 nitrogen and oxygen atoms in total. The van der Waals surface area contributed by atoms with Gasteiger partial charge < -0.3 is 20.9 Å². The van der Waals surface area contributed by atoms with Crippen LogP contribution >= 0.6 is 0 Å². The van der Waals surface area contributed by atoms with Gasteiger partial charge in [0.2, 0.25) is 0 Å². The zero-order chi connectivity index (χ0) is 12.8. The number of nitrogens with two attached hydrogens (primary N) is 1. The fourth-order valence-corrected chi connectivity index (χ4v) is 1.42. The molecule has 1 aromatic carbocycles. The fraction of sp³-hybridized carbons (Fsp3) is 0.417. The molecule has 0 aliphatic rings. The van der Waals surface area contributed by atoms with Crippen LogP contribution in [-0.2, 0) is 4.74 Å². The second-order valence-corrected chi connectivity index (χ2v) is 3.75. The summed E-state index contributed by atoms with van der Waals surface area (Å²) >= 11 is 0. The Bertz CT molecular complexity index is 393. The van der Waals surface area contributed by atoms with Crippen molar-refractivity contribution < 1.29 is 14.6 Å². The van der Waals surface area contributed by atoms with Crippen LogP contribution < -0.4 is 11.1 Å². The van der Waals surface area contributed by atoms with Gasteiger partial charge in [0.15, 0.2) is 0 Å². The number of rotatable bonds is 5. The molecule has 1 aromatic rings. The van der Waals surface area contributed by atoms with Gasteiger partial charge in [0.25, 0.3) is 5.91 Å². The van der Waals surface area contributed by atoms with Crippen LogP contribution in [0, 0.1) is 0 Å². The summed E-state index contributed by atoms with van der Waals surface area (Å²) in [7, 11) is 0. The summed E-state index contributed by atoms with van der Waals surface area (Å²) in [5.74, 6) is -0.299. The van der Waals surface area contributed by atoms with Crippen LogP contribution in [0.3, 0.4) is 0 Å². The first-order chi connectivity index (χ1) is 8.04. The molecule has 0 saturated heterocycles. The number of phenols is 1. The quantitative estimate of drug-likeness (QED) is 0.530. The zero-order valence-electron chi connectivity index (χ0n) is 10.1. The topological polar surface area (TPSA) is 84.6 Å². The second-order valence-electron chi connectivity index (χ2n) is 3.75. The molecule has 0 fully saturated rings. The minimum Gasteiger partial charge on any atom is -0.508 e. The Kier molecular flexibility index (Phi) is 4.78. The van der Waals surface area contributed by atoms with Gasteiger partial charge >= 0.3 is 0 Å². The number of hydrogen-bond acceptors (Lipinski definition) is 4. The highest BCUT2D eigenvalue weighted by Gasteiger charge is 2.11. The number of carbonyl (C=O) groups excluding carboxylic acids is 1. The van der Waals surface area contributed by atoms with Crippen molar-refractivity contribution in [3.8, 4) is 5.75 Å². The number of anilines is 1. The van der Waals surface area contributed by atoms with Gasteiger partial charge in [-0.3, -0.25) is 4.79 Å². The molecule has 0 spiro atoms. The van der Waals surface area contributed by atoms with Crippen LogP contribution in [0.4, 0.5) is 5.69 Å². The smallest absolute Gasteiger partial charge is 0.253 e. The minimum absolute atomic E-state index is 0.0159. The van der Waals surface area contributed by atoms with Crippen molar-refractivity contribution in [3.05, 3.63) is 23.8 Å². The Balaban J connectivity index is 2.61. The van der Waals surface area contributed by atoms with Crippen LogP contribution in [0.2, 0.25) is 0 Å². The summed E-state index contributed by atoms with van der Waals surface area (Å²) < 4.78 is 5.29. The second kappa shape index (κ2) is 6.10. The zero-order valence-corrected chi connectivity index (χ0v) is 10.1. The highest BCUT2D eigenvalue weighted by molar-refractivity contribution is 5.99. The lowest BCUT2D eigenvalue weighted by atomic mass is 10.1. The van der Waals surface area contributed by atoms with E-state index in [-0.39, 0.29) is 23.3 Å². The van der Waals surface area contributed by atoms with Gasteiger partial charge in [-0.25, -0.2) is 0 Å². The van der Waals surface area contributed by atoms with E-state index in [4.69, 9.17) is 10.5 Å². The average Bonchev–Trinajstić information content (AvgIpc) is 2.29. The van der Waals surface area contributed by atoms with Crippen LogP contribution in [-0.4, -0.2) is 30.3 Å². The maximum atomic E-state index is 11.8. The number of benzene rings is 1. The average molecular weight is 238 g/mol. The third-order valence-electron chi connectivity index (χ3n) is 2.28. The number of carbonyl (C=O) groups is 1. The van der Waals surface area contributed by atoms with E-state index in [0.717, 1.165) is 0 Å². The Morgan fingerprint density at radius 2 is 2.29 bits per heavy atom. The first-order valence-corrected chi connectivity index (χ1v) is 5.53. The molecule has 94 valence electrons. The Hall–Kier alpha value is -1.75. The standard InChI is InChI=1S/C12H18N2O3/c1-3-17-8(2)7-14-12(16)10-6-9(15)4-5-11(10)13/h4-6,8,15H,3,7,13H2,1-2H3,(H,14,16). The first-order valence-electron chi connectivity index (χ1n) is 5.53. The van der Waals surface area contributed by atoms with Crippen molar-refractivity contribution in [2.45, 2.75) is 20.0 Å². The van der Waals surface area contributed by atoms with Gasteiger partial charge in [0.05, 0.1) is 11.7 Å². The Morgan fingerprint density at radius 1 is 1.59 bits per heavy atom. The monoisotopic (exact) mass is 238 g/mol. The van der Waals surface area contributed by atoms with E-state index in [9.17, 15) is 9.90 Å². The maximum absolute atomic E-state index is 11.8. The number of nitrogens with one attached hydrogen (secondary N) is 1. The van der Waals surface area contributed by atoms with E-state index in [1.807, 2.05) is 13.8 Å². The SMILES string of the molecule is CCOC(C)CNC(=O)c1cc(O)ccc1N. The molecule has 5 heteroatoms. The van der Waals surface area contributed by atoms with Crippen molar-refractivity contribution >= 4 is 11.6 Å². The molecule has 0 saturated carbocycles. The van der Waals surface area contributed by atoms with Crippen LogP contribution in [0.25, 0.3) is 0 Å². The van der Waals surface area contributed by atoms with Gasteiger partial charge in [-0.15, -0.1) is 0 Å². The molecule has 1 amide bonds. The molecule has 0 aliphatic carbocycles. The number of ether oxygens (including phenoxy) is 1. The third-order valence-corrected chi connectivity index (χ3v) is 2.28. The van der Waals surface area contributed by atoms with E-state index < -0.39 is 0 Å². The first kappa shape index (κ1) is 13.3.